The Morgan fingerprint density at radius 1 is 1.53 bits per heavy atom. The maximum Gasteiger partial charge on any atom is 0.336 e. The van der Waals surface area contributed by atoms with Crippen molar-refractivity contribution in [1.29, 1.82) is 0 Å². The summed E-state index contributed by atoms with van der Waals surface area (Å²) in [6.45, 7) is 3.62. The third kappa shape index (κ3) is 1.89. The molecule has 1 aromatic carbocycles. The largest absolute Gasteiger partial charge is 0.504 e. The van der Waals surface area contributed by atoms with E-state index in [1.54, 1.807) is 18.2 Å². The molecule has 88 valence electrons. The predicted octanol–water partition coefficient (Wildman–Crippen LogP) is 2.24. The van der Waals surface area contributed by atoms with Crippen LogP contribution < -0.4 is 10.4 Å². The molecule has 2 aromatic rings. The molecule has 0 atom stereocenters. The smallest absolute Gasteiger partial charge is 0.336 e. The van der Waals surface area contributed by atoms with E-state index in [-0.39, 0.29) is 17.1 Å². The van der Waals surface area contributed by atoms with E-state index in [9.17, 15) is 9.90 Å². The summed E-state index contributed by atoms with van der Waals surface area (Å²) in [6.07, 6.45) is 2.19. The second-order valence-electron chi connectivity index (χ2n) is 3.58. The quantitative estimate of drug-likeness (QED) is 0.651. The third-order valence-corrected chi connectivity index (χ3v) is 2.49. The van der Waals surface area contributed by atoms with Gasteiger partial charge in [0.15, 0.2) is 11.3 Å². The molecule has 0 fully saturated rings. The lowest BCUT2D eigenvalue weighted by Crippen LogP contribution is -1.98. The highest BCUT2D eigenvalue weighted by atomic mass is 16.5. The number of hydrogen-bond donors (Lipinski definition) is 1. The minimum atomic E-state index is -0.480. The topological polar surface area (TPSA) is 59.7 Å². The van der Waals surface area contributed by atoms with Gasteiger partial charge in [-0.3, -0.25) is 0 Å². The lowest BCUT2D eigenvalue weighted by atomic mass is 10.1. The van der Waals surface area contributed by atoms with Crippen molar-refractivity contribution in [2.45, 2.75) is 6.42 Å². The van der Waals surface area contributed by atoms with Crippen LogP contribution in [0.5, 0.6) is 11.5 Å². The zero-order valence-corrected chi connectivity index (χ0v) is 9.40. The molecule has 0 unspecified atom stereocenters. The summed E-state index contributed by atoms with van der Waals surface area (Å²) in [5.41, 5.74) is 0.454. The summed E-state index contributed by atoms with van der Waals surface area (Å²) in [5.74, 6) is 0.159. The van der Waals surface area contributed by atoms with Gasteiger partial charge in [-0.2, -0.15) is 0 Å². The minimum Gasteiger partial charge on any atom is -0.504 e. The van der Waals surface area contributed by atoms with E-state index in [4.69, 9.17) is 9.15 Å². The number of benzene rings is 1. The highest BCUT2D eigenvalue weighted by Crippen LogP contribution is 2.37. The predicted molar refractivity (Wildman–Crippen MR) is 64.6 cm³/mol. The Morgan fingerprint density at radius 2 is 2.29 bits per heavy atom. The number of ether oxygens (including phenoxy) is 1. The first-order chi connectivity index (χ1) is 8.17. The summed E-state index contributed by atoms with van der Waals surface area (Å²) in [6, 6.07) is 4.71. The Balaban J connectivity index is 2.83. The van der Waals surface area contributed by atoms with Gasteiger partial charge in [-0.1, -0.05) is 6.08 Å². The van der Waals surface area contributed by atoms with E-state index in [2.05, 4.69) is 6.58 Å². The summed E-state index contributed by atoms with van der Waals surface area (Å²) < 4.78 is 10.1. The fourth-order valence-electron chi connectivity index (χ4n) is 1.73. The highest BCUT2D eigenvalue weighted by Gasteiger charge is 2.14. The molecule has 4 heteroatoms. The van der Waals surface area contributed by atoms with E-state index < -0.39 is 5.63 Å². The van der Waals surface area contributed by atoms with E-state index in [0.29, 0.717) is 17.4 Å². The van der Waals surface area contributed by atoms with Crippen LogP contribution in [0.25, 0.3) is 11.0 Å². The van der Waals surface area contributed by atoms with Gasteiger partial charge in [-0.15, -0.1) is 6.58 Å². The molecule has 17 heavy (non-hydrogen) atoms. The third-order valence-electron chi connectivity index (χ3n) is 2.49. The molecule has 0 amide bonds. The maximum atomic E-state index is 11.2. The number of aromatic hydroxyl groups is 1. The van der Waals surface area contributed by atoms with Gasteiger partial charge in [0.05, 0.1) is 7.11 Å². The van der Waals surface area contributed by atoms with Crippen molar-refractivity contribution in [3.05, 3.63) is 46.8 Å². The van der Waals surface area contributed by atoms with E-state index in [1.807, 2.05) is 0 Å². The lowest BCUT2D eigenvalue weighted by Gasteiger charge is -2.10. The van der Waals surface area contributed by atoms with Crippen molar-refractivity contribution >= 4 is 11.0 Å². The van der Waals surface area contributed by atoms with Gasteiger partial charge in [0.25, 0.3) is 0 Å². The standard InChI is InChI=1S/C13H12O4/c1-3-4-8-7-9-5-6-10(14)17-12(9)13(16-2)11(8)15/h3,5-7,15H,1,4H2,2H3. The number of allylic oxidation sites excluding steroid dienone is 1. The lowest BCUT2D eigenvalue weighted by molar-refractivity contribution is 0.367. The normalized spacial score (nSPS) is 10.4. The second-order valence-corrected chi connectivity index (χ2v) is 3.58. The number of phenols is 1. The van der Waals surface area contributed by atoms with Gasteiger partial charge >= 0.3 is 5.63 Å². The molecule has 0 radical (unpaired) electrons. The maximum absolute atomic E-state index is 11.2. The van der Waals surface area contributed by atoms with Crippen molar-refractivity contribution in [2.75, 3.05) is 7.11 Å². The van der Waals surface area contributed by atoms with Crippen LogP contribution in [0.4, 0.5) is 0 Å². The van der Waals surface area contributed by atoms with Gasteiger partial charge in [0, 0.05) is 17.0 Å². The van der Waals surface area contributed by atoms with Gasteiger partial charge in [0.1, 0.15) is 0 Å². The molecule has 0 saturated carbocycles. The molecule has 0 spiro atoms. The number of methoxy groups -OCH3 is 1. The SMILES string of the molecule is C=CCc1cc2ccc(=O)oc2c(OC)c1O. The minimum absolute atomic E-state index is 0.0192. The van der Waals surface area contributed by atoms with Crippen LogP contribution >= 0.6 is 0 Å². The Bertz CT molecular complexity index is 625. The molecule has 0 aliphatic heterocycles. The Labute approximate surface area is 97.8 Å². The summed E-state index contributed by atoms with van der Waals surface area (Å²) in [4.78, 5) is 11.2. The zero-order valence-electron chi connectivity index (χ0n) is 9.40. The van der Waals surface area contributed by atoms with Gasteiger partial charge in [-0.25, -0.2) is 4.79 Å². The van der Waals surface area contributed by atoms with Crippen LogP contribution in [0, 0.1) is 0 Å². The summed E-state index contributed by atoms with van der Waals surface area (Å²) in [5, 5.41) is 10.7. The van der Waals surface area contributed by atoms with Crippen LogP contribution in [0.15, 0.2) is 40.1 Å². The van der Waals surface area contributed by atoms with Crippen LogP contribution in [0.1, 0.15) is 5.56 Å². The fraction of sp³-hybridized carbons (Fsp3) is 0.154. The number of rotatable bonds is 3. The van der Waals surface area contributed by atoms with Crippen LogP contribution in [0.3, 0.4) is 0 Å². The number of fused-ring (bicyclic) bond motifs is 1. The molecule has 0 bridgehead atoms. The summed E-state index contributed by atoms with van der Waals surface area (Å²) >= 11 is 0. The van der Waals surface area contributed by atoms with Crippen molar-refractivity contribution in [3.63, 3.8) is 0 Å². The molecule has 2 rings (SSSR count). The van der Waals surface area contributed by atoms with Crippen LogP contribution in [-0.4, -0.2) is 12.2 Å². The molecular weight excluding hydrogens is 220 g/mol. The van der Waals surface area contributed by atoms with Gasteiger partial charge in [0.2, 0.25) is 5.75 Å². The molecule has 1 heterocycles. The van der Waals surface area contributed by atoms with Crippen LogP contribution in [-0.2, 0) is 6.42 Å². The van der Waals surface area contributed by atoms with E-state index in [0.717, 1.165) is 0 Å². The van der Waals surface area contributed by atoms with Gasteiger partial charge < -0.3 is 14.3 Å². The summed E-state index contributed by atoms with van der Waals surface area (Å²) in [7, 11) is 1.42. The van der Waals surface area contributed by atoms with Crippen molar-refractivity contribution in [3.8, 4) is 11.5 Å². The molecular formula is C13H12O4. The first-order valence-corrected chi connectivity index (χ1v) is 5.11. The van der Waals surface area contributed by atoms with Crippen molar-refractivity contribution < 1.29 is 14.3 Å². The molecule has 0 aliphatic carbocycles. The Kier molecular flexibility index (Phi) is 2.87. The molecule has 0 aliphatic rings. The number of phenolic OH excluding ortho intramolecular Hbond substituents is 1. The van der Waals surface area contributed by atoms with Crippen molar-refractivity contribution in [2.24, 2.45) is 0 Å². The zero-order chi connectivity index (χ0) is 12.4. The highest BCUT2D eigenvalue weighted by molar-refractivity contribution is 5.86. The average molecular weight is 232 g/mol. The Hall–Kier alpha value is -2.23. The van der Waals surface area contributed by atoms with Gasteiger partial charge in [-0.05, 0) is 18.6 Å². The monoisotopic (exact) mass is 232 g/mol. The first-order valence-electron chi connectivity index (χ1n) is 5.11. The molecule has 1 N–H and O–H groups in total. The molecule has 1 aromatic heterocycles. The molecule has 0 saturated heterocycles. The second kappa shape index (κ2) is 4.33. The fourth-order valence-corrected chi connectivity index (χ4v) is 1.73. The number of hydrogen-bond acceptors (Lipinski definition) is 4. The molecule has 4 nitrogen and oxygen atoms in total. The van der Waals surface area contributed by atoms with E-state index in [1.165, 1.54) is 13.2 Å². The van der Waals surface area contributed by atoms with Crippen molar-refractivity contribution in [1.82, 2.24) is 0 Å². The average Bonchev–Trinajstić information content (AvgIpc) is 2.31. The van der Waals surface area contributed by atoms with E-state index >= 15 is 0 Å². The van der Waals surface area contributed by atoms with Crippen LogP contribution in [0.2, 0.25) is 0 Å². The first kappa shape index (κ1) is 11.3. The Morgan fingerprint density at radius 3 is 2.94 bits per heavy atom.